The molecule has 1 aromatic carbocycles. The number of carbonyl (C=O) groups is 1. The Labute approximate surface area is 211 Å². The number of anilines is 2. The van der Waals surface area contributed by atoms with Gasteiger partial charge in [0.1, 0.15) is 5.82 Å². The van der Waals surface area contributed by atoms with E-state index in [2.05, 4.69) is 15.3 Å². The van der Waals surface area contributed by atoms with Gasteiger partial charge >= 0.3 is 12.4 Å². The number of nitrogens with one attached hydrogen (secondary N) is 1. The van der Waals surface area contributed by atoms with Crippen molar-refractivity contribution < 1.29 is 31.1 Å². The molecule has 0 radical (unpaired) electrons. The molecular weight excluding hydrogens is 500 g/mol. The zero-order chi connectivity index (χ0) is 28.0. The van der Waals surface area contributed by atoms with Crippen LogP contribution in [0.2, 0.25) is 0 Å². The van der Waals surface area contributed by atoms with Crippen molar-refractivity contribution in [2.45, 2.75) is 70.3 Å². The maximum Gasteiger partial charge on any atom is 0.416 e. The summed E-state index contributed by atoms with van der Waals surface area (Å²) in [6.07, 6.45) is -7.19. The molecular formula is C25H31F6N5O. The van der Waals surface area contributed by atoms with Gasteiger partial charge in [-0.3, -0.25) is 4.79 Å². The Morgan fingerprint density at radius 2 is 1.49 bits per heavy atom. The third kappa shape index (κ3) is 5.62. The lowest BCUT2D eigenvalue weighted by atomic mass is 9.55. The first-order chi connectivity index (χ1) is 16.9. The molecule has 0 unspecified atom stereocenters. The quantitative estimate of drug-likeness (QED) is 0.468. The van der Waals surface area contributed by atoms with Crippen molar-refractivity contribution in [2.24, 2.45) is 11.1 Å². The van der Waals surface area contributed by atoms with Gasteiger partial charge in [-0.1, -0.05) is 13.8 Å². The van der Waals surface area contributed by atoms with Crippen molar-refractivity contribution >= 4 is 17.7 Å². The SMILES string of the molecule is Cc1cnc(NC2CCC(C(N)=O)(C(C)(C)c3cc(C(F)(F)F)cc(C(F)(F)F)c3)CC2)nc1N(C)C. The highest BCUT2D eigenvalue weighted by atomic mass is 19.4. The topological polar surface area (TPSA) is 84.1 Å². The minimum atomic E-state index is -4.99. The van der Waals surface area contributed by atoms with Gasteiger partial charge in [0.15, 0.2) is 0 Å². The summed E-state index contributed by atoms with van der Waals surface area (Å²) < 4.78 is 81.0. The zero-order valence-electron chi connectivity index (χ0n) is 21.3. The molecule has 1 saturated carbocycles. The maximum absolute atomic E-state index is 13.5. The molecule has 2 aromatic rings. The molecule has 0 bridgehead atoms. The molecule has 1 aliphatic carbocycles. The van der Waals surface area contributed by atoms with E-state index in [1.54, 1.807) is 6.20 Å². The fraction of sp³-hybridized carbons (Fsp3) is 0.560. The number of nitrogens with two attached hydrogens (primary N) is 1. The summed E-state index contributed by atoms with van der Waals surface area (Å²) in [6, 6.07) is 1.30. The van der Waals surface area contributed by atoms with Crippen LogP contribution in [0.5, 0.6) is 0 Å². The van der Waals surface area contributed by atoms with E-state index in [0.29, 0.717) is 30.9 Å². The van der Waals surface area contributed by atoms with Crippen molar-refractivity contribution in [2.75, 3.05) is 24.3 Å². The van der Waals surface area contributed by atoms with Crippen molar-refractivity contribution in [3.63, 3.8) is 0 Å². The van der Waals surface area contributed by atoms with Crippen LogP contribution in [0.25, 0.3) is 0 Å². The number of amides is 1. The highest BCUT2D eigenvalue weighted by Crippen LogP contribution is 2.52. The van der Waals surface area contributed by atoms with E-state index in [1.165, 1.54) is 13.8 Å². The van der Waals surface area contributed by atoms with Crippen molar-refractivity contribution in [3.05, 3.63) is 46.6 Å². The molecule has 12 heteroatoms. The Bertz CT molecular complexity index is 1120. The molecule has 37 heavy (non-hydrogen) atoms. The van der Waals surface area contributed by atoms with Crippen LogP contribution in [0, 0.1) is 12.3 Å². The van der Waals surface area contributed by atoms with Crippen molar-refractivity contribution in [1.29, 1.82) is 0 Å². The highest BCUT2D eigenvalue weighted by molar-refractivity contribution is 5.83. The first-order valence-electron chi connectivity index (χ1n) is 11.8. The van der Waals surface area contributed by atoms with Gasteiger partial charge in [-0.05, 0) is 56.4 Å². The molecule has 1 amide bonds. The van der Waals surface area contributed by atoms with Crippen LogP contribution in [-0.4, -0.2) is 36.0 Å². The predicted molar refractivity (Wildman–Crippen MR) is 128 cm³/mol. The van der Waals surface area contributed by atoms with E-state index in [0.717, 1.165) is 11.4 Å². The van der Waals surface area contributed by atoms with Gasteiger partial charge in [0.2, 0.25) is 11.9 Å². The first-order valence-corrected chi connectivity index (χ1v) is 11.8. The van der Waals surface area contributed by atoms with Gasteiger partial charge in [-0.25, -0.2) is 4.98 Å². The lowest BCUT2D eigenvalue weighted by molar-refractivity contribution is -0.143. The molecule has 204 valence electrons. The monoisotopic (exact) mass is 531 g/mol. The number of halogens is 6. The third-order valence-corrected chi connectivity index (χ3v) is 7.52. The summed E-state index contributed by atoms with van der Waals surface area (Å²) in [6.45, 7) is 4.84. The molecule has 0 saturated heterocycles. The second-order valence-electron chi connectivity index (χ2n) is 10.4. The van der Waals surface area contributed by atoms with Crippen molar-refractivity contribution in [3.8, 4) is 0 Å². The fourth-order valence-electron chi connectivity index (χ4n) is 5.16. The standard InChI is InChI=1S/C25H31F6N5O/c1-14-13-33-21(35-19(14)36(4)5)34-18-6-8-23(9-7-18,20(32)37)22(2,3)15-10-16(24(26,27)28)12-17(11-15)25(29,30)31/h10-13,18H,6-9H2,1-5H3,(H2,32,37)(H,33,34,35). The smallest absolute Gasteiger partial charge is 0.369 e. The molecule has 3 rings (SSSR count). The van der Waals surface area contributed by atoms with Gasteiger partial charge in [0, 0.05) is 37.3 Å². The Hall–Kier alpha value is -3.05. The van der Waals surface area contributed by atoms with E-state index in [9.17, 15) is 31.1 Å². The number of aromatic nitrogens is 2. The summed E-state index contributed by atoms with van der Waals surface area (Å²) in [5.41, 5.74) is 0.833. The number of aryl methyl sites for hydroxylation is 1. The average molecular weight is 532 g/mol. The number of nitrogens with zero attached hydrogens (tertiary/aromatic N) is 3. The number of carbonyl (C=O) groups excluding carboxylic acids is 1. The molecule has 1 heterocycles. The lowest BCUT2D eigenvalue weighted by Gasteiger charge is -2.49. The van der Waals surface area contributed by atoms with E-state index < -0.39 is 40.2 Å². The molecule has 0 spiro atoms. The zero-order valence-corrected chi connectivity index (χ0v) is 21.3. The van der Waals surface area contributed by atoms with Gasteiger partial charge < -0.3 is 16.0 Å². The van der Waals surface area contributed by atoms with Gasteiger partial charge in [0.05, 0.1) is 16.5 Å². The number of hydrogen-bond acceptors (Lipinski definition) is 5. The largest absolute Gasteiger partial charge is 0.416 e. The van der Waals surface area contributed by atoms with Crippen LogP contribution in [-0.2, 0) is 22.6 Å². The molecule has 0 aliphatic heterocycles. The van der Waals surface area contributed by atoms with Crippen LogP contribution in [0.4, 0.5) is 38.1 Å². The summed E-state index contributed by atoms with van der Waals surface area (Å²) >= 11 is 0. The van der Waals surface area contributed by atoms with Crippen LogP contribution < -0.4 is 16.0 Å². The van der Waals surface area contributed by atoms with E-state index in [4.69, 9.17) is 5.73 Å². The Kier molecular flexibility index (Phi) is 7.46. The number of rotatable bonds is 6. The Morgan fingerprint density at radius 3 is 1.92 bits per heavy atom. The maximum atomic E-state index is 13.5. The molecule has 1 aromatic heterocycles. The summed E-state index contributed by atoms with van der Waals surface area (Å²) in [4.78, 5) is 23.4. The first kappa shape index (κ1) is 28.5. The minimum absolute atomic E-state index is 0.0842. The summed E-state index contributed by atoms with van der Waals surface area (Å²) in [5, 5.41) is 3.23. The molecule has 6 nitrogen and oxygen atoms in total. The number of hydrogen-bond donors (Lipinski definition) is 2. The lowest BCUT2D eigenvalue weighted by Crippen LogP contribution is -2.54. The molecule has 0 atom stereocenters. The number of alkyl halides is 6. The van der Waals surface area contributed by atoms with E-state index in [-0.39, 0.29) is 30.5 Å². The average Bonchev–Trinajstić information content (AvgIpc) is 2.79. The normalized spacial score (nSPS) is 21.0. The summed E-state index contributed by atoms with van der Waals surface area (Å²) in [5.74, 6) is 0.354. The number of benzene rings is 1. The summed E-state index contributed by atoms with van der Waals surface area (Å²) in [7, 11) is 3.70. The van der Waals surface area contributed by atoms with Crippen molar-refractivity contribution in [1.82, 2.24) is 9.97 Å². The third-order valence-electron chi connectivity index (χ3n) is 7.52. The second kappa shape index (κ2) is 9.68. The second-order valence-corrected chi connectivity index (χ2v) is 10.4. The van der Waals surface area contributed by atoms with Gasteiger partial charge in [-0.2, -0.15) is 31.3 Å². The Morgan fingerprint density at radius 1 is 1.00 bits per heavy atom. The molecule has 3 N–H and O–H groups in total. The number of primary amides is 1. The van der Waals surface area contributed by atoms with Crippen LogP contribution in [0.1, 0.15) is 61.8 Å². The van der Waals surface area contributed by atoms with E-state index in [1.807, 2.05) is 25.9 Å². The Balaban J connectivity index is 1.93. The minimum Gasteiger partial charge on any atom is -0.369 e. The predicted octanol–water partition coefficient (Wildman–Crippen LogP) is 5.69. The van der Waals surface area contributed by atoms with Gasteiger partial charge in [-0.15, -0.1) is 0 Å². The van der Waals surface area contributed by atoms with Gasteiger partial charge in [0.25, 0.3) is 0 Å². The van der Waals surface area contributed by atoms with Crippen LogP contribution >= 0.6 is 0 Å². The van der Waals surface area contributed by atoms with Crippen LogP contribution in [0.15, 0.2) is 24.4 Å². The molecule has 1 aliphatic rings. The van der Waals surface area contributed by atoms with E-state index >= 15 is 0 Å². The molecule has 1 fully saturated rings. The highest BCUT2D eigenvalue weighted by Gasteiger charge is 2.53. The van der Waals surface area contributed by atoms with Crippen LogP contribution in [0.3, 0.4) is 0 Å². The fourth-order valence-corrected chi connectivity index (χ4v) is 5.16.